The number of hydrogen-bond acceptors (Lipinski definition) is 3. The summed E-state index contributed by atoms with van der Waals surface area (Å²) in [5.74, 6) is 0.293. The fourth-order valence-electron chi connectivity index (χ4n) is 1.80. The summed E-state index contributed by atoms with van der Waals surface area (Å²) in [6, 6.07) is 9.93. The molecule has 0 amide bonds. The molecule has 1 saturated heterocycles. The van der Waals surface area contributed by atoms with Gasteiger partial charge < -0.3 is 15.2 Å². The van der Waals surface area contributed by atoms with E-state index in [4.69, 9.17) is 4.74 Å². The maximum Gasteiger partial charge on any atom is 0.0763 e. The number of aliphatic hydroxyl groups excluding tert-OH is 1. The molecule has 1 aromatic rings. The van der Waals surface area contributed by atoms with Crippen LogP contribution >= 0.6 is 0 Å². The van der Waals surface area contributed by atoms with Gasteiger partial charge in [0.2, 0.25) is 0 Å². The highest BCUT2D eigenvalue weighted by Crippen LogP contribution is 2.17. The van der Waals surface area contributed by atoms with E-state index in [0.717, 1.165) is 18.7 Å². The van der Waals surface area contributed by atoms with E-state index < -0.39 is 0 Å². The first-order valence-electron chi connectivity index (χ1n) is 5.41. The van der Waals surface area contributed by atoms with Gasteiger partial charge in [-0.1, -0.05) is 18.2 Å². The van der Waals surface area contributed by atoms with Crippen LogP contribution in [0.2, 0.25) is 0 Å². The lowest BCUT2D eigenvalue weighted by Gasteiger charge is -2.17. The average molecular weight is 207 g/mol. The van der Waals surface area contributed by atoms with Crippen LogP contribution in [0.15, 0.2) is 30.3 Å². The van der Waals surface area contributed by atoms with Crippen LogP contribution in [0.25, 0.3) is 0 Å². The molecule has 0 bridgehead atoms. The second-order valence-electron chi connectivity index (χ2n) is 3.94. The Balaban J connectivity index is 1.77. The van der Waals surface area contributed by atoms with Crippen molar-refractivity contribution in [1.29, 1.82) is 0 Å². The van der Waals surface area contributed by atoms with Gasteiger partial charge in [-0.2, -0.15) is 0 Å². The molecule has 0 aliphatic carbocycles. The molecular formula is C12H17NO2. The second kappa shape index (κ2) is 5.14. The largest absolute Gasteiger partial charge is 0.391 e. The predicted octanol–water partition coefficient (Wildman–Crippen LogP) is 1.50. The highest BCUT2D eigenvalue weighted by atomic mass is 16.5. The zero-order valence-electron chi connectivity index (χ0n) is 8.73. The van der Waals surface area contributed by atoms with Crippen molar-refractivity contribution in [1.82, 2.24) is 0 Å². The highest BCUT2D eigenvalue weighted by molar-refractivity contribution is 5.42. The lowest BCUT2D eigenvalue weighted by Crippen LogP contribution is -2.28. The van der Waals surface area contributed by atoms with Crippen molar-refractivity contribution in [3.63, 3.8) is 0 Å². The fraction of sp³-hybridized carbons (Fsp3) is 0.500. The van der Waals surface area contributed by atoms with Gasteiger partial charge in [-0.15, -0.1) is 0 Å². The molecular weight excluding hydrogens is 190 g/mol. The molecule has 2 unspecified atom stereocenters. The maximum atomic E-state index is 9.87. The molecule has 2 N–H and O–H groups in total. The lowest BCUT2D eigenvalue weighted by atomic mass is 10.0. The van der Waals surface area contributed by atoms with Crippen LogP contribution in [0.3, 0.4) is 0 Å². The molecule has 2 rings (SSSR count). The zero-order chi connectivity index (χ0) is 10.5. The number of anilines is 1. The number of hydrogen-bond donors (Lipinski definition) is 2. The molecule has 15 heavy (non-hydrogen) atoms. The molecule has 0 saturated carbocycles. The Bertz CT molecular complexity index is 283. The summed E-state index contributed by atoms with van der Waals surface area (Å²) in [6.07, 6.45) is 0.658. The summed E-state index contributed by atoms with van der Waals surface area (Å²) in [4.78, 5) is 0. The number of aliphatic hydroxyl groups is 1. The number of ether oxygens (including phenoxy) is 1. The van der Waals surface area contributed by atoms with Gasteiger partial charge in [-0.05, 0) is 18.6 Å². The minimum absolute atomic E-state index is 0.293. The van der Waals surface area contributed by atoms with Crippen LogP contribution in [-0.2, 0) is 4.74 Å². The first kappa shape index (κ1) is 10.5. The van der Waals surface area contributed by atoms with E-state index >= 15 is 0 Å². The van der Waals surface area contributed by atoms with Crippen LogP contribution in [-0.4, -0.2) is 31.0 Å². The van der Waals surface area contributed by atoms with Crippen LogP contribution < -0.4 is 5.32 Å². The van der Waals surface area contributed by atoms with Gasteiger partial charge >= 0.3 is 0 Å². The molecule has 0 spiro atoms. The van der Waals surface area contributed by atoms with Crippen molar-refractivity contribution in [2.24, 2.45) is 5.92 Å². The van der Waals surface area contributed by atoms with Gasteiger partial charge in [0, 0.05) is 24.8 Å². The lowest BCUT2D eigenvalue weighted by molar-refractivity contribution is 0.101. The molecule has 2 atom stereocenters. The van der Waals surface area contributed by atoms with Crippen molar-refractivity contribution in [3.05, 3.63) is 30.3 Å². The summed E-state index contributed by atoms with van der Waals surface area (Å²) >= 11 is 0. The van der Waals surface area contributed by atoms with Crippen molar-refractivity contribution >= 4 is 5.69 Å². The third kappa shape index (κ3) is 2.94. The third-order valence-corrected chi connectivity index (χ3v) is 2.80. The number of para-hydroxylation sites is 1. The molecule has 1 aromatic carbocycles. The normalized spacial score (nSPS) is 22.6. The van der Waals surface area contributed by atoms with Gasteiger partial charge in [0.15, 0.2) is 0 Å². The summed E-state index contributed by atoms with van der Waals surface area (Å²) < 4.78 is 5.24. The number of benzene rings is 1. The van der Waals surface area contributed by atoms with E-state index in [1.807, 2.05) is 30.3 Å². The van der Waals surface area contributed by atoms with Crippen molar-refractivity contribution in [2.75, 3.05) is 25.1 Å². The van der Waals surface area contributed by atoms with Crippen LogP contribution in [0, 0.1) is 5.92 Å². The Morgan fingerprint density at radius 3 is 2.87 bits per heavy atom. The topological polar surface area (TPSA) is 41.5 Å². The van der Waals surface area contributed by atoms with Gasteiger partial charge in [-0.3, -0.25) is 0 Å². The third-order valence-electron chi connectivity index (χ3n) is 2.80. The van der Waals surface area contributed by atoms with Crippen LogP contribution in [0.5, 0.6) is 0 Å². The standard InChI is InChI=1S/C12H17NO2/c14-12(10-6-7-15-9-10)8-13-11-4-2-1-3-5-11/h1-5,10,12-14H,6-9H2. The predicted molar refractivity (Wildman–Crippen MR) is 59.9 cm³/mol. The zero-order valence-corrected chi connectivity index (χ0v) is 8.73. The molecule has 1 fully saturated rings. The molecule has 1 aliphatic rings. The Hall–Kier alpha value is -1.06. The number of rotatable bonds is 4. The fourth-order valence-corrected chi connectivity index (χ4v) is 1.80. The Kier molecular flexibility index (Phi) is 3.59. The van der Waals surface area contributed by atoms with Gasteiger partial charge in [0.05, 0.1) is 12.7 Å². The first-order valence-corrected chi connectivity index (χ1v) is 5.41. The van der Waals surface area contributed by atoms with E-state index in [-0.39, 0.29) is 6.10 Å². The summed E-state index contributed by atoms with van der Waals surface area (Å²) in [6.45, 7) is 2.07. The van der Waals surface area contributed by atoms with Gasteiger partial charge in [-0.25, -0.2) is 0 Å². The van der Waals surface area contributed by atoms with Gasteiger partial charge in [0.25, 0.3) is 0 Å². The highest BCUT2D eigenvalue weighted by Gasteiger charge is 2.23. The smallest absolute Gasteiger partial charge is 0.0763 e. The minimum Gasteiger partial charge on any atom is -0.391 e. The quantitative estimate of drug-likeness (QED) is 0.786. The van der Waals surface area contributed by atoms with Crippen molar-refractivity contribution < 1.29 is 9.84 Å². The van der Waals surface area contributed by atoms with Crippen LogP contribution in [0.4, 0.5) is 5.69 Å². The summed E-state index contributed by atoms with van der Waals surface area (Å²) in [5.41, 5.74) is 1.05. The second-order valence-corrected chi connectivity index (χ2v) is 3.94. The van der Waals surface area contributed by atoms with E-state index in [2.05, 4.69) is 5.32 Å². The Labute approximate surface area is 90.1 Å². The van der Waals surface area contributed by atoms with E-state index in [0.29, 0.717) is 19.1 Å². The van der Waals surface area contributed by atoms with E-state index in [1.54, 1.807) is 0 Å². The van der Waals surface area contributed by atoms with Crippen molar-refractivity contribution in [3.8, 4) is 0 Å². The minimum atomic E-state index is -0.312. The first-order chi connectivity index (χ1) is 7.36. The Morgan fingerprint density at radius 2 is 2.20 bits per heavy atom. The monoisotopic (exact) mass is 207 g/mol. The molecule has 3 nitrogen and oxygen atoms in total. The Morgan fingerprint density at radius 1 is 1.40 bits per heavy atom. The SMILES string of the molecule is OC(CNc1ccccc1)C1CCOC1. The van der Waals surface area contributed by atoms with E-state index in [9.17, 15) is 5.11 Å². The van der Waals surface area contributed by atoms with Crippen molar-refractivity contribution in [2.45, 2.75) is 12.5 Å². The number of nitrogens with one attached hydrogen (secondary N) is 1. The summed E-state index contributed by atoms with van der Waals surface area (Å²) in [7, 11) is 0. The molecule has 1 heterocycles. The average Bonchev–Trinajstić information content (AvgIpc) is 2.81. The molecule has 0 radical (unpaired) electrons. The molecule has 0 aromatic heterocycles. The molecule has 1 aliphatic heterocycles. The van der Waals surface area contributed by atoms with Gasteiger partial charge in [0.1, 0.15) is 0 Å². The van der Waals surface area contributed by atoms with Crippen LogP contribution in [0.1, 0.15) is 6.42 Å². The molecule has 3 heteroatoms. The molecule has 82 valence electrons. The summed E-state index contributed by atoms with van der Waals surface area (Å²) in [5, 5.41) is 13.1. The maximum absolute atomic E-state index is 9.87. The van der Waals surface area contributed by atoms with E-state index in [1.165, 1.54) is 0 Å².